The summed E-state index contributed by atoms with van der Waals surface area (Å²) in [5.74, 6) is -3.64. The molecule has 0 aliphatic rings. The van der Waals surface area contributed by atoms with E-state index in [2.05, 4.69) is 4.74 Å². The fraction of sp³-hybridized carbons (Fsp3) is 0.250. The minimum Gasteiger partial charge on any atom is -0.406 e. The molecule has 2 N–H and O–H groups in total. The SMILES string of the molecule is CCCS(=O)(=O)Nc1cc(NS(=O)(=O)c2ccc(OC(F)(F)F)cc2)c(F)cc1F. The van der Waals surface area contributed by atoms with Crippen molar-refractivity contribution in [1.29, 1.82) is 0 Å². The zero-order chi connectivity index (χ0) is 22.7. The predicted octanol–water partition coefficient (Wildman–Crippen LogP) is 3.82. The molecule has 0 heterocycles. The molecule has 0 aromatic heterocycles. The number of hydrogen-bond acceptors (Lipinski definition) is 5. The largest absolute Gasteiger partial charge is 0.573 e. The maximum Gasteiger partial charge on any atom is 0.573 e. The Hall–Kier alpha value is -2.61. The van der Waals surface area contributed by atoms with Gasteiger partial charge in [-0.1, -0.05) is 6.92 Å². The summed E-state index contributed by atoms with van der Waals surface area (Å²) in [7, 11) is -8.45. The number of anilines is 2. The molecule has 0 atom stereocenters. The van der Waals surface area contributed by atoms with E-state index in [9.17, 15) is 38.8 Å². The van der Waals surface area contributed by atoms with E-state index in [1.807, 2.05) is 4.72 Å². The van der Waals surface area contributed by atoms with Crippen molar-refractivity contribution in [1.82, 2.24) is 0 Å². The summed E-state index contributed by atoms with van der Waals surface area (Å²) in [5.41, 5.74) is -1.46. The van der Waals surface area contributed by atoms with Gasteiger partial charge in [-0.05, 0) is 36.8 Å². The van der Waals surface area contributed by atoms with E-state index in [1.165, 1.54) is 0 Å². The number of nitrogens with one attached hydrogen (secondary N) is 2. The zero-order valence-electron chi connectivity index (χ0n) is 15.1. The molecular formula is C16H15F5N2O5S2. The molecule has 0 saturated heterocycles. The molecule has 30 heavy (non-hydrogen) atoms. The van der Waals surface area contributed by atoms with Crippen LogP contribution in [-0.2, 0) is 20.0 Å². The number of halogens is 5. The van der Waals surface area contributed by atoms with Crippen molar-refractivity contribution < 1.29 is 43.5 Å². The lowest BCUT2D eigenvalue weighted by Gasteiger charge is -2.13. The first kappa shape index (κ1) is 23.7. The van der Waals surface area contributed by atoms with Crippen molar-refractivity contribution in [2.24, 2.45) is 0 Å². The first-order valence-electron chi connectivity index (χ1n) is 8.10. The highest BCUT2D eigenvalue weighted by Gasteiger charge is 2.31. The molecule has 0 fully saturated rings. The van der Waals surface area contributed by atoms with E-state index in [1.54, 1.807) is 11.6 Å². The van der Waals surface area contributed by atoms with Crippen LogP contribution in [0.5, 0.6) is 5.75 Å². The van der Waals surface area contributed by atoms with Gasteiger partial charge in [-0.3, -0.25) is 9.44 Å². The van der Waals surface area contributed by atoms with Gasteiger partial charge in [0, 0.05) is 6.07 Å². The Labute approximate surface area is 169 Å². The maximum atomic E-state index is 14.0. The lowest BCUT2D eigenvalue weighted by Crippen LogP contribution is -2.19. The van der Waals surface area contributed by atoms with Crippen LogP contribution in [0.25, 0.3) is 0 Å². The Kier molecular flexibility index (Phi) is 6.81. The number of sulfonamides is 2. The van der Waals surface area contributed by atoms with Gasteiger partial charge >= 0.3 is 6.36 Å². The molecule has 0 spiro atoms. The van der Waals surface area contributed by atoms with Gasteiger partial charge in [0.1, 0.15) is 17.4 Å². The van der Waals surface area contributed by atoms with E-state index in [0.717, 1.165) is 24.3 Å². The Balaban J connectivity index is 2.31. The molecule has 0 radical (unpaired) electrons. The second-order valence-electron chi connectivity index (χ2n) is 5.86. The Bertz CT molecular complexity index is 1120. The topological polar surface area (TPSA) is 102 Å². The van der Waals surface area contributed by atoms with Crippen LogP contribution in [0.4, 0.5) is 33.3 Å². The van der Waals surface area contributed by atoms with Crippen molar-refractivity contribution in [3.63, 3.8) is 0 Å². The van der Waals surface area contributed by atoms with Gasteiger partial charge in [0.05, 0.1) is 22.0 Å². The van der Waals surface area contributed by atoms with Gasteiger partial charge in [0.25, 0.3) is 10.0 Å². The van der Waals surface area contributed by atoms with Gasteiger partial charge < -0.3 is 4.74 Å². The minimum atomic E-state index is -4.97. The van der Waals surface area contributed by atoms with Crippen LogP contribution >= 0.6 is 0 Å². The fourth-order valence-electron chi connectivity index (χ4n) is 2.22. The van der Waals surface area contributed by atoms with Crippen LogP contribution in [0.2, 0.25) is 0 Å². The van der Waals surface area contributed by atoms with Crippen LogP contribution in [0.1, 0.15) is 13.3 Å². The van der Waals surface area contributed by atoms with Crippen molar-refractivity contribution in [3.05, 3.63) is 48.0 Å². The van der Waals surface area contributed by atoms with Crippen molar-refractivity contribution >= 4 is 31.4 Å². The van der Waals surface area contributed by atoms with E-state index in [4.69, 9.17) is 0 Å². The summed E-state index contributed by atoms with van der Waals surface area (Å²) < 4.78 is 120. The van der Waals surface area contributed by atoms with Gasteiger partial charge in [-0.25, -0.2) is 25.6 Å². The molecule has 0 saturated carbocycles. The maximum absolute atomic E-state index is 14.0. The Morgan fingerprint density at radius 1 is 0.900 bits per heavy atom. The third-order valence-electron chi connectivity index (χ3n) is 3.41. The van der Waals surface area contributed by atoms with E-state index in [-0.39, 0.29) is 18.2 Å². The third-order valence-corrected chi connectivity index (χ3v) is 6.27. The summed E-state index contributed by atoms with van der Waals surface area (Å²) in [6.07, 6.45) is -4.76. The number of alkyl halides is 3. The molecule has 0 amide bonds. The highest BCUT2D eigenvalue weighted by atomic mass is 32.2. The van der Waals surface area contributed by atoms with Crippen molar-refractivity contribution in [3.8, 4) is 5.75 Å². The Morgan fingerprint density at radius 3 is 1.93 bits per heavy atom. The van der Waals surface area contributed by atoms with Crippen LogP contribution < -0.4 is 14.2 Å². The summed E-state index contributed by atoms with van der Waals surface area (Å²) in [6, 6.07) is 3.89. The summed E-state index contributed by atoms with van der Waals surface area (Å²) in [5, 5.41) is 0. The van der Waals surface area contributed by atoms with E-state index in [0.29, 0.717) is 6.07 Å². The lowest BCUT2D eigenvalue weighted by atomic mass is 10.2. The molecule has 0 unspecified atom stereocenters. The average molecular weight is 474 g/mol. The molecule has 7 nitrogen and oxygen atoms in total. The highest BCUT2D eigenvalue weighted by Crippen LogP contribution is 2.28. The van der Waals surface area contributed by atoms with Crippen LogP contribution in [-0.4, -0.2) is 29.0 Å². The molecule has 14 heteroatoms. The van der Waals surface area contributed by atoms with Crippen molar-refractivity contribution in [2.45, 2.75) is 24.6 Å². The molecule has 2 rings (SSSR count). The van der Waals surface area contributed by atoms with E-state index >= 15 is 0 Å². The van der Waals surface area contributed by atoms with Gasteiger partial charge in [0.2, 0.25) is 10.0 Å². The standard InChI is InChI=1S/C16H15F5N2O5S2/c1-2-7-29(24,25)22-14-9-15(13(18)8-12(14)17)23-30(26,27)11-5-3-10(4-6-11)28-16(19,20)21/h3-6,8-9,22-23H,2,7H2,1H3. The van der Waals surface area contributed by atoms with Crippen LogP contribution in [0, 0.1) is 11.6 Å². The van der Waals surface area contributed by atoms with E-state index < -0.39 is 60.1 Å². The van der Waals surface area contributed by atoms with Crippen LogP contribution in [0.3, 0.4) is 0 Å². The fourth-order valence-corrected chi connectivity index (χ4v) is 4.41. The third kappa shape index (κ3) is 6.45. The van der Waals surface area contributed by atoms with Gasteiger partial charge in [-0.2, -0.15) is 0 Å². The number of hydrogen-bond donors (Lipinski definition) is 2. The summed E-state index contributed by atoms with van der Waals surface area (Å²) in [6.45, 7) is 1.56. The monoisotopic (exact) mass is 474 g/mol. The number of ether oxygens (including phenoxy) is 1. The number of benzene rings is 2. The van der Waals surface area contributed by atoms with Crippen LogP contribution in [0.15, 0.2) is 41.3 Å². The second-order valence-corrected chi connectivity index (χ2v) is 9.38. The van der Waals surface area contributed by atoms with Gasteiger partial charge in [-0.15, -0.1) is 13.2 Å². The molecule has 0 aliphatic heterocycles. The minimum absolute atomic E-state index is 0.214. The normalized spacial score (nSPS) is 12.5. The molecular weight excluding hydrogens is 459 g/mol. The summed E-state index contributed by atoms with van der Waals surface area (Å²) in [4.78, 5) is -0.547. The molecule has 0 aliphatic carbocycles. The smallest absolute Gasteiger partial charge is 0.406 e. The van der Waals surface area contributed by atoms with Gasteiger partial charge in [0.15, 0.2) is 0 Å². The number of rotatable bonds is 8. The summed E-state index contributed by atoms with van der Waals surface area (Å²) >= 11 is 0. The van der Waals surface area contributed by atoms with Crippen molar-refractivity contribution in [2.75, 3.05) is 15.2 Å². The first-order valence-corrected chi connectivity index (χ1v) is 11.2. The molecule has 2 aromatic carbocycles. The Morgan fingerprint density at radius 2 is 1.43 bits per heavy atom. The second kappa shape index (κ2) is 8.63. The molecule has 0 bridgehead atoms. The predicted molar refractivity (Wildman–Crippen MR) is 98.0 cm³/mol. The quantitative estimate of drug-likeness (QED) is 0.567. The molecule has 2 aromatic rings. The first-order chi connectivity index (χ1) is 13.7. The highest BCUT2D eigenvalue weighted by molar-refractivity contribution is 7.93. The lowest BCUT2D eigenvalue weighted by molar-refractivity contribution is -0.274. The average Bonchev–Trinajstić information content (AvgIpc) is 2.57. The molecule has 166 valence electrons. The zero-order valence-corrected chi connectivity index (χ0v) is 16.8.